The Bertz CT molecular complexity index is 985. The van der Waals surface area contributed by atoms with Gasteiger partial charge < -0.3 is 20.9 Å². The predicted octanol–water partition coefficient (Wildman–Crippen LogP) is 4.33. The number of carbonyl (C=O) groups is 3. The summed E-state index contributed by atoms with van der Waals surface area (Å²) in [6.07, 6.45) is -4.46. The SMILES string of the molecule is CC[C@H](NC(=O)OCc1ccccc1)C(=O)N1c2ccccc2C[C@H]1C(=O)O.[NH-]CC(F)(F)F. The number of carbonyl (C=O) groups excluding carboxylic acids is 2. The lowest BCUT2D eigenvalue weighted by molar-refractivity contribution is -0.140. The summed E-state index contributed by atoms with van der Waals surface area (Å²) in [6.45, 7) is 0.354. The van der Waals surface area contributed by atoms with Gasteiger partial charge >= 0.3 is 18.2 Å². The standard InChI is InChI=1S/C21H22N2O5.C2H3F3N/c1-2-16(22-21(27)28-13-14-8-4-3-5-9-14)19(24)23-17-11-7-6-10-15(17)12-18(23)20(25)26;3-2(4,5)1-6/h3-11,16,18H,2,12-13H2,1H3,(H,22,27)(H,25,26);6H,1H2/q;-1/t16-,18-;/m0./s1. The van der Waals surface area contributed by atoms with Crippen molar-refractivity contribution < 1.29 is 37.4 Å². The Morgan fingerprint density at radius 2 is 1.74 bits per heavy atom. The molecule has 8 nitrogen and oxygen atoms in total. The third kappa shape index (κ3) is 7.48. The number of nitrogens with one attached hydrogen (secondary N) is 2. The molecule has 11 heteroatoms. The number of nitrogens with zero attached hydrogens (tertiary/aromatic N) is 1. The van der Waals surface area contributed by atoms with E-state index in [4.69, 9.17) is 10.5 Å². The first-order valence-corrected chi connectivity index (χ1v) is 10.4. The smallest absolute Gasteiger partial charge is 0.408 e. The molecule has 2 aromatic carbocycles. The highest BCUT2D eigenvalue weighted by molar-refractivity contribution is 6.05. The van der Waals surface area contributed by atoms with Crippen LogP contribution in [0.15, 0.2) is 54.6 Å². The number of rotatable bonds is 6. The lowest BCUT2D eigenvalue weighted by Crippen LogP contribution is -2.52. The zero-order valence-corrected chi connectivity index (χ0v) is 18.3. The number of hydrogen-bond acceptors (Lipinski definition) is 4. The van der Waals surface area contributed by atoms with Gasteiger partial charge in [0, 0.05) is 12.1 Å². The van der Waals surface area contributed by atoms with Gasteiger partial charge in [0.2, 0.25) is 0 Å². The molecule has 0 unspecified atom stereocenters. The van der Waals surface area contributed by atoms with Crippen LogP contribution in [0.3, 0.4) is 0 Å². The second-order valence-corrected chi connectivity index (χ2v) is 7.35. The van der Waals surface area contributed by atoms with E-state index < -0.39 is 42.8 Å². The van der Waals surface area contributed by atoms with Crippen LogP contribution in [0.5, 0.6) is 0 Å². The molecule has 3 N–H and O–H groups in total. The maximum Gasteiger partial charge on any atom is 0.408 e. The summed E-state index contributed by atoms with van der Waals surface area (Å²) in [4.78, 5) is 38.1. The fourth-order valence-corrected chi connectivity index (χ4v) is 3.27. The topological polar surface area (TPSA) is 120 Å². The van der Waals surface area contributed by atoms with Crippen LogP contribution in [-0.4, -0.2) is 47.9 Å². The van der Waals surface area contributed by atoms with Crippen LogP contribution in [-0.2, 0) is 27.4 Å². The van der Waals surface area contributed by atoms with Gasteiger partial charge in [-0.05, 0) is 23.6 Å². The third-order valence-electron chi connectivity index (χ3n) is 4.91. The highest BCUT2D eigenvalue weighted by Crippen LogP contribution is 2.33. The van der Waals surface area contributed by atoms with Crippen LogP contribution in [0.4, 0.5) is 23.7 Å². The number of aliphatic carboxylic acids is 1. The first-order chi connectivity index (χ1) is 16.1. The van der Waals surface area contributed by atoms with Gasteiger partial charge in [-0.2, -0.15) is 13.2 Å². The number of alkyl carbamates (subject to hydrolysis) is 1. The Morgan fingerprint density at radius 1 is 1.15 bits per heavy atom. The molecular formula is C23H25F3N3O5-. The molecule has 0 fully saturated rings. The van der Waals surface area contributed by atoms with Crippen LogP contribution in [0.1, 0.15) is 24.5 Å². The zero-order chi connectivity index (χ0) is 25.3. The molecule has 34 heavy (non-hydrogen) atoms. The van der Waals surface area contributed by atoms with E-state index in [0.29, 0.717) is 12.1 Å². The van der Waals surface area contributed by atoms with Crippen LogP contribution in [0.25, 0.3) is 5.73 Å². The summed E-state index contributed by atoms with van der Waals surface area (Å²) in [5, 5.41) is 12.1. The summed E-state index contributed by atoms with van der Waals surface area (Å²) in [6, 6.07) is 14.4. The fourth-order valence-electron chi connectivity index (χ4n) is 3.27. The molecule has 0 radical (unpaired) electrons. The van der Waals surface area contributed by atoms with E-state index in [1.165, 1.54) is 4.90 Å². The van der Waals surface area contributed by atoms with Gasteiger partial charge in [-0.15, -0.1) is 0 Å². The van der Waals surface area contributed by atoms with Gasteiger partial charge in [-0.3, -0.25) is 9.69 Å². The molecule has 184 valence electrons. The van der Waals surface area contributed by atoms with Crippen molar-refractivity contribution in [3.8, 4) is 0 Å². The normalized spacial score (nSPS) is 15.4. The maximum absolute atomic E-state index is 13.1. The summed E-state index contributed by atoms with van der Waals surface area (Å²) in [5.41, 5.74) is 7.92. The first kappa shape index (κ1) is 26.7. The average molecular weight is 480 g/mol. The van der Waals surface area contributed by atoms with E-state index in [-0.39, 0.29) is 13.0 Å². The molecule has 0 saturated heterocycles. The van der Waals surface area contributed by atoms with Crippen molar-refractivity contribution >= 4 is 23.7 Å². The highest BCUT2D eigenvalue weighted by atomic mass is 19.4. The highest BCUT2D eigenvalue weighted by Gasteiger charge is 2.40. The van der Waals surface area contributed by atoms with E-state index >= 15 is 0 Å². The zero-order valence-electron chi connectivity index (χ0n) is 18.3. The Labute approximate surface area is 194 Å². The molecule has 0 bridgehead atoms. The number of ether oxygens (including phenoxy) is 1. The van der Waals surface area contributed by atoms with Gasteiger partial charge in [0.25, 0.3) is 5.91 Å². The second kappa shape index (κ2) is 12.0. The Kier molecular flexibility index (Phi) is 9.43. The van der Waals surface area contributed by atoms with Crippen LogP contribution >= 0.6 is 0 Å². The Morgan fingerprint density at radius 3 is 2.29 bits per heavy atom. The van der Waals surface area contributed by atoms with E-state index in [1.807, 2.05) is 36.4 Å². The average Bonchev–Trinajstić information content (AvgIpc) is 3.21. The quantitative estimate of drug-likeness (QED) is 0.638. The number of carboxylic acids is 1. The van der Waals surface area contributed by atoms with Crippen molar-refractivity contribution in [3.63, 3.8) is 0 Å². The van der Waals surface area contributed by atoms with Gasteiger partial charge in [0.05, 0.1) is 0 Å². The molecule has 0 aliphatic carbocycles. The number of benzene rings is 2. The molecule has 2 aromatic rings. The van der Waals surface area contributed by atoms with E-state index in [0.717, 1.165) is 11.1 Å². The number of hydrogen-bond donors (Lipinski definition) is 2. The number of para-hydroxylation sites is 1. The third-order valence-corrected chi connectivity index (χ3v) is 4.91. The largest absolute Gasteiger partial charge is 0.670 e. The summed E-state index contributed by atoms with van der Waals surface area (Å²) < 4.78 is 37.0. The number of halogens is 3. The molecule has 1 aliphatic heterocycles. The Hall–Kier alpha value is -3.60. The van der Waals surface area contributed by atoms with E-state index in [9.17, 15) is 32.7 Å². The van der Waals surface area contributed by atoms with Gasteiger partial charge in [-0.1, -0.05) is 62.0 Å². The minimum atomic E-state index is -4.29. The van der Waals surface area contributed by atoms with Crippen molar-refractivity contribution in [1.29, 1.82) is 0 Å². The summed E-state index contributed by atoms with van der Waals surface area (Å²) >= 11 is 0. The maximum atomic E-state index is 13.1. The lowest BCUT2D eigenvalue weighted by Gasteiger charge is -2.27. The van der Waals surface area contributed by atoms with E-state index in [1.54, 1.807) is 25.1 Å². The van der Waals surface area contributed by atoms with Crippen molar-refractivity contribution in [1.82, 2.24) is 5.32 Å². The fraction of sp³-hybridized carbons (Fsp3) is 0.348. The number of amides is 2. The van der Waals surface area contributed by atoms with Crippen LogP contribution in [0, 0.1) is 0 Å². The number of fused-ring (bicyclic) bond motifs is 1. The monoisotopic (exact) mass is 480 g/mol. The van der Waals surface area contributed by atoms with Gasteiger partial charge in [-0.25, -0.2) is 9.59 Å². The van der Waals surface area contributed by atoms with Crippen LogP contribution in [0.2, 0.25) is 0 Å². The lowest BCUT2D eigenvalue weighted by atomic mass is 10.1. The molecule has 1 aliphatic rings. The molecular weight excluding hydrogens is 455 g/mol. The van der Waals surface area contributed by atoms with Gasteiger partial charge in [0.15, 0.2) is 0 Å². The van der Waals surface area contributed by atoms with Crippen molar-refractivity contribution in [2.24, 2.45) is 0 Å². The molecule has 0 aromatic heterocycles. The van der Waals surface area contributed by atoms with Gasteiger partial charge in [0.1, 0.15) is 18.7 Å². The molecule has 1 heterocycles. The first-order valence-electron chi connectivity index (χ1n) is 10.4. The summed E-state index contributed by atoms with van der Waals surface area (Å²) in [7, 11) is 0. The number of alkyl halides is 3. The minimum absolute atomic E-state index is 0.0849. The van der Waals surface area contributed by atoms with E-state index in [2.05, 4.69) is 5.32 Å². The Balaban J connectivity index is 0.000000604. The number of anilines is 1. The van der Waals surface area contributed by atoms with Crippen molar-refractivity contribution in [3.05, 3.63) is 71.5 Å². The molecule has 2 amide bonds. The number of carboxylic acid groups (broad SMARTS) is 1. The van der Waals surface area contributed by atoms with Crippen LogP contribution < -0.4 is 10.2 Å². The molecule has 2 atom stereocenters. The molecule has 3 rings (SSSR count). The molecule has 0 saturated carbocycles. The van der Waals surface area contributed by atoms with Crippen molar-refractivity contribution in [2.45, 2.75) is 44.6 Å². The van der Waals surface area contributed by atoms with Crippen molar-refractivity contribution in [2.75, 3.05) is 11.4 Å². The minimum Gasteiger partial charge on any atom is -0.670 e. The molecule has 0 spiro atoms. The predicted molar refractivity (Wildman–Crippen MR) is 118 cm³/mol. The summed E-state index contributed by atoms with van der Waals surface area (Å²) in [5.74, 6) is -1.54. The second-order valence-electron chi connectivity index (χ2n) is 7.35.